The Bertz CT molecular complexity index is 968. The lowest BCUT2D eigenvalue weighted by molar-refractivity contribution is 0.0734. The lowest BCUT2D eigenvalue weighted by atomic mass is 10.2. The highest BCUT2D eigenvalue weighted by Crippen LogP contribution is 2.30. The molecule has 142 valence electrons. The summed E-state index contributed by atoms with van der Waals surface area (Å²) in [5.41, 5.74) is 3.99. The zero-order valence-electron chi connectivity index (χ0n) is 16.1. The highest BCUT2D eigenvalue weighted by atomic mass is 32.1. The molecule has 0 N–H and O–H groups in total. The van der Waals surface area contributed by atoms with Crippen molar-refractivity contribution < 1.29 is 4.79 Å². The van der Waals surface area contributed by atoms with E-state index in [1.807, 2.05) is 24.8 Å². The van der Waals surface area contributed by atoms with Gasteiger partial charge in [-0.2, -0.15) is 5.10 Å². The molecule has 6 nitrogen and oxygen atoms in total. The van der Waals surface area contributed by atoms with Crippen molar-refractivity contribution in [2.24, 2.45) is 0 Å². The zero-order valence-corrected chi connectivity index (χ0v) is 16.9. The van der Waals surface area contributed by atoms with Gasteiger partial charge in [-0.1, -0.05) is 24.3 Å². The predicted octanol–water partition coefficient (Wildman–Crippen LogP) is 3.35. The van der Waals surface area contributed by atoms with Gasteiger partial charge in [-0.3, -0.25) is 9.48 Å². The van der Waals surface area contributed by atoms with E-state index in [4.69, 9.17) is 4.98 Å². The lowest BCUT2D eigenvalue weighted by Gasteiger charge is -2.34. The summed E-state index contributed by atoms with van der Waals surface area (Å²) in [7, 11) is 0. The minimum atomic E-state index is 0.0778. The molecular formula is C20H25N5OS. The molecule has 0 saturated carbocycles. The molecule has 0 spiro atoms. The van der Waals surface area contributed by atoms with Crippen LogP contribution < -0.4 is 4.90 Å². The van der Waals surface area contributed by atoms with Gasteiger partial charge >= 0.3 is 0 Å². The number of rotatable bonds is 4. The van der Waals surface area contributed by atoms with Crippen molar-refractivity contribution in [2.45, 2.75) is 33.7 Å². The van der Waals surface area contributed by atoms with Gasteiger partial charge in [-0.05, 0) is 44.0 Å². The van der Waals surface area contributed by atoms with E-state index in [9.17, 15) is 4.79 Å². The highest BCUT2D eigenvalue weighted by molar-refractivity contribution is 7.22. The molecule has 1 aliphatic rings. The number of hydrogen-bond acceptors (Lipinski definition) is 5. The smallest absolute Gasteiger partial charge is 0.272 e. The molecule has 4 rings (SSSR count). The minimum absolute atomic E-state index is 0.0778. The Morgan fingerprint density at radius 2 is 1.93 bits per heavy atom. The van der Waals surface area contributed by atoms with Crippen LogP contribution in [0.1, 0.15) is 35.6 Å². The van der Waals surface area contributed by atoms with E-state index >= 15 is 0 Å². The van der Waals surface area contributed by atoms with E-state index in [0.717, 1.165) is 35.9 Å². The number of hydrogen-bond donors (Lipinski definition) is 0. The summed E-state index contributed by atoms with van der Waals surface area (Å²) < 4.78 is 3.04. The fourth-order valence-corrected chi connectivity index (χ4v) is 4.61. The zero-order chi connectivity index (χ0) is 19.0. The average molecular weight is 384 g/mol. The Hall–Kier alpha value is -2.41. The van der Waals surface area contributed by atoms with E-state index in [2.05, 4.69) is 35.1 Å². The molecule has 3 heterocycles. The third-order valence-corrected chi connectivity index (χ3v) is 6.19. The van der Waals surface area contributed by atoms with Gasteiger partial charge in [0.05, 0.1) is 15.9 Å². The van der Waals surface area contributed by atoms with Gasteiger partial charge in [0.2, 0.25) is 0 Å². The number of aryl methyl sites for hydroxylation is 3. The number of anilines is 1. The predicted molar refractivity (Wildman–Crippen MR) is 110 cm³/mol. The minimum Gasteiger partial charge on any atom is -0.345 e. The van der Waals surface area contributed by atoms with Crippen LogP contribution in [0.25, 0.3) is 10.2 Å². The monoisotopic (exact) mass is 383 g/mol. The molecule has 1 aromatic carbocycles. The second-order valence-electron chi connectivity index (χ2n) is 6.92. The Balaban J connectivity index is 1.46. The SMILES string of the molecule is CCc1ccc2nc(N3CCN(C(=O)c4cc(C)nn4CC)CC3)sc2c1. The molecule has 3 aromatic rings. The van der Waals surface area contributed by atoms with Crippen LogP contribution in [0, 0.1) is 6.92 Å². The Labute approximate surface area is 163 Å². The molecule has 0 unspecified atom stereocenters. The van der Waals surface area contributed by atoms with Crippen molar-refractivity contribution in [3.05, 3.63) is 41.2 Å². The molecule has 7 heteroatoms. The summed E-state index contributed by atoms with van der Waals surface area (Å²) in [6.07, 6.45) is 1.04. The largest absolute Gasteiger partial charge is 0.345 e. The Kier molecular flexibility index (Phi) is 4.86. The molecule has 27 heavy (non-hydrogen) atoms. The van der Waals surface area contributed by atoms with Crippen LogP contribution in [-0.4, -0.2) is 51.8 Å². The van der Waals surface area contributed by atoms with E-state index in [-0.39, 0.29) is 5.91 Å². The number of carbonyl (C=O) groups is 1. The van der Waals surface area contributed by atoms with Gasteiger partial charge in [0.25, 0.3) is 5.91 Å². The van der Waals surface area contributed by atoms with Crippen molar-refractivity contribution in [3.8, 4) is 0 Å². The summed E-state index contributed by atoms with van der Waals surface area (Å²) in [6, 6.07) is 8.39. The van der Waals surface area contributed by atoms with Crippen LogP contribution in [0.5, 0.6) is 0 Å². The number of carbonyl (C=O) groups excluding carboxylic acids is 1. The van der Waals surface area contributed by atoms with Gasteiger partial charge in [-0.15, -0.1) is 0 Å². The molecule has 0 aliphatic carbocycles. The van der Waals surface area contributed by atoms with E-state index < -0.39 is 0 Å². The van der Waals surface area contributed by atoms with Crippen LogP contribution in [0.3, 0.4) is 0 Å². The summed E-state index contributed by atoms with van der Waals surface area (Å²) in [5, 5.41) is 5.45. The first-order valence-corrected chi connectivity index (χ1v) is 10.4. The maximum Gasteiger partial charge on any atom is 0.272 e. The van der Waals surface area contributed by atoms with Crippen molar-refractivity contribution in [1.29, 1.82) is 0 Å². The number of nitrogens with zero attached hydrogens (tertiary/aromatic N) is 5. The first-order valence-electron chi connectivity index (χ1n) is 9.57. The first-order chi connectivity index (χ1) is 13.1. The quantitative estimate of drug-likeness (QED) is 0.693. The first kappa shape index (κ1) is 18.0. The van der Waals surface area contributed by atoms with Crippen LogP contribution in [0.15, 0.2) is 24.3 Å². The fourth-order valence-electron chi connectivity index (χ4n) is 3.53. The fraction of sp³-hybridized carbons (Fsp3) is 0.450. The second kappa shape index (κ2) is 7.31. The summed E-state index contributed by atoms with van der Waals surface area (Å²) in [5.74, 6) is 0.0778. The number of aromatic nitrogens is 3. The van der Waals surface area contributed by atoms with Crippen LogP contribution in [-0.2, 0) is 13.0 Å². The molecule has 2 aromatic heterocycles. The Morgan fingerprint density at radius 3 is 2.63 bits per heavy atom. The highest BCUT2D eigenvalue weighted by Gasteiger charge is 2.26. The number of benzene rings is 1. The van der Waals surface area contributed by atoms with Gasteiger partial charge in [0.15, 0.2) is 5.13 Å². The molecule has 0 atom stereocenters. The third-order valence-electron chi connectivity index (χ3n) is 5.11. The van der Waals surface area contributed by atoms with Crippen molar-refractivity contribution in [2.75, 3.05) is 31.1 Å². The van der Waals surface area contributed by atoms with Gasteiger partial charge < -0.3 is 9.80 Å². The van der Waals surface area contributed by atoms with Crippen molar-refractivity contribution in [3.63, 3.8) is 0 Å². The maximum atomic E-state index is 12.9. The number of piperazine rings is 1. The average Bonchev–Trinajstić information content (AvgIpc) is 3.29. The molecule has 0 bridgehead atoms. The Morgan fingerprint density at radius 1 is 1.15 bits per heavy atom. The summed E-state index contributed by atoms with van der Waals surface area (Å²) in [6.45, 7) is 9.87. The van der Waals surface area contributed by atoms with Crippen LogP contribution in [0.2, 0.25) is 0 Å². The topological polar surface area (TPSA) is 54.3 Å². The van der Waals surface area contributed by atoms with Crippen LogP contribution in [0.4, 0.5) is 5.13 Å². The van der Waals surface area contributed by atoms with E-state index in [1.54, 1.807) is 16.0 Å². The normalized spacial score (nSPS) is 14.9. The van der Waals surface area contributed by atoms with Crippen molar-refractivity contribution >= 4 is 32.6 Å². The lowest BCUT2D eigenvalue weighted by Crippen LogP contribution is -2.49. The van der Waals surface area contributed by atoms with Crippen molar-refractivity contribution in [1.82, 2.24) is 19.7 Å². The van der Waals surface area contributed by atoms with E-state index in [0.29, 0.717) is 25.3 Å². The standard InChI is InChI=1S/C20H25N5OS/c1-4-15-6-7-16-18(13-15)27-20(21-16)24-10-8-23(9-11-24)19(26)17-12-14(3)22-25(17)5-2/h6-7,12-13H,4-5,8-11H2,1-3H3. The van der Waals surface area contributed by atoms with Gasteiger partial charge in [-0.25, -0.2) is 4.98 Å². The molecular weight excluding hydrogens is 358 g/mol. The summed E-state index contributed by atoms with van der Waals surface area (Å²) >= 11 is 1.75. The molecule has 0 radical (unpaired) electrons. The van der Waals surface area contributed by atoms with Gasteiger partial charge in [0, 0.05) is 32.7 Å². The number of amides is 1. The summed E-state index contributed by atoms with van der Waals surface area (Å²) in [4.78, 5) is 21.9. The number of fused-ring (bicyclic) bond motifs is 1. The molecule has 1 amide bonds. The van der Waals surface area contributed by atoms with E-state index in [1.165, 1.54) is 10.3 Å². The van der Waals surface area contributed by atoms with Gasteiger partial charge in [0.1, 0.15) is 5.69 Å². The molecule has 1 aliphatic heterocycles. The second-order valence-corrected chi connectivity index (χ2v) is 7.93. The molecule has 1 saturated heterocycles. The van der Waals surface area contributed by atoms with Crippen LogP contribution >= 0.6 is 11.3 Å². The third kappa shape index (κ3) is 3.43. The molecule has 1 fully saturated rings. The number of thiazole rings is 1. The maximum absolute atomic E-state index is 12.9.